The molecule has 2 aromatic rings. The second kappa shape index (κ2) is 11.4. The van der Waals surface area contributed by atoms with Gasteiger partial charge in [0.1, 0.15) is 0 Å². The molecular weight excluding hydrogens is 458 g/mol. The minimum atomic E-state index is -0.244. The first kappa shape index (κ1) is 24.2. The molecule has 2 aliphatic rings. The molecule has 2 heterocycles. The number of carbonyl (C=O) groups is 2. The average molecular weight is 488 g/mol. The second-order valence-electron chi connectivity index (χ2n) is 8.23. The molecule has 0 bridgehead atoms. The summed E-state index contributed by atoms with van der Waals surface area (Å²) in [5, 5.41) is 3.30. The van der Waals surface area contributed by atoms with Crippen LogP contribution in [0.3, 0.4) is 0 Å². The molecule has 2 aliphatic heterocycles. The van der Waals surface area contributed by atoms with Crippen molar-refractivity contribution in [2.24, 2.45) is 0 Å². The molecule has 2 amide bonds. The molecular formula is C25H30ClN3O5. The van der Waals surface area contributed by atoms with Gasteiger partial charge >= 0.3 is 0 Å². The Balaban J connectivity index is 1.33. The Morgan fingerprint density at radius 2 is 1.79 bits per heavy atom. The van der Waals surface area contributed by atoms with E-state index in [-0.39, 0.29) is 24.8 Å². The topological polar surface area (TPSA) is 80.3 Å². The van der Waals surface area contributed by atoms with Gasteiger partial charge in [-0.25, -0.2) is 0 Å². The maximum atomic E-state index is 12.9. The summed E-state index contributed by atoms with van der Waals surface area (Å²) in [6.45, 7) is 6.47. The number of hydrogen-bond donors (Lipinski definition) is 1. The quantitative estimate of drug-likeness (QED) is 0.645. The van der Waals surface area contributed by atoms with E-state index < -0.39 is 0 Å². The summed E-state index contributed by atoms with van der Waals surface area (Å²) in [6, 6.07) is 11.2. The van der Waals surface area contributed by atoms with Crippen LogP contribution in [0, 0.1) is 0 Å². The third kappa shape index (κ3) is 6.12. The molecule has 1 N–H and O–H groups in total. The van der Waals surface area contributed by atoms with Crippen LogP contribution >= 0.6 is 11.6 Å². The van der Waals surface area contributed by atoms with Gasteiger partial charge in [0.25, 0.3) is 0 Å². The SMILES string of the molecule is CCN(CC(=O)Nc1ccc(N2CCOCC2)cc1)C(=O)Cc1cc(Cl)c2c(c1)OCCCO2. The van der Waals surface area contributed by atoms with Crippen molar-refractivity contribution in [1.29, 1.82) is 0 Å². The van der Waals surface area contributed by atoms with Gasteiger partial charge in [-0.3, -0.25) is 9.59 Å². The van der Waals surface area contributed by atoms with E-state index >= 15 is 0 Å². The van der Waals surface area contributed by atoms with Gasteiger partial charge in [0.2, 0.25) is 11.8 Å². The zero-order valence-corrected chi connectivity index (χ0v) is 20.1. The van der Waals surface area contributed by atoms with E-state index in [4.69, 9.17) is 25.8 Å². The van der Waals surface area contributed by atoms with Crippen LogP contribution in [0.1, 0.15) is 18.9 Å². The summed E-state index contributed by atoms with van der Waals surface area (Å²) in [7, 11) is 0. The number of amides is 2. The third-order valence-electron chi connectivity index (χ3n) is 5.81. The Labute approximate surface area is 204 Å². The molecule has 0 aliphatic carbocycles. The molecule has 8 nitrogen and oxygen atoms in total. The number of hydrogen-bond acceptors (Lipinski definition) is 6. The molecule has 9 heteroatoms. The van der Waals surface area contributed by atoms with E-state index in [0.29, 0.717) is 42.0 Å². The van der Waals surface area contributed by atoms with Crippen molar-refractivity contribution in [3.63, 3.8) is 0 Å². The Kier molecular flexibility index (Phi) is 8.13. The van der Waals surface area contributed by atoms with Crippen molar-refractivity contribution in [3.8, 4) is 11.5 Å². The molecule has 2 aromatic carbocycles. The average Bonchev–Trinajstić information content (AvgIpc) is 3.09. The lowest BCUT2D eigenvalue weighted by molar-refractivity contribution is -0.133. The fraction of sp³-hybridized carbons (Fsp3) is 0.440. The summed E-state index contributed by atoms with van der Waals surface area (Å²) in [4.78, 5) is 29.3. The van der Waals surface area contributed by atoms with Crippen molar-refractivity contribution in [2.45, 2.75) is 19.8 Å². The van der Waals surface area contributed by atoms with Crippen LogP contribution in [-0.4, -0.2) is 69.3 Å². The fourth-order valence-electron chi connectivity index (χ4n) is 4.00. The fourth-order valence-corrected chi connectivity index (χ4v) is 4.29. The zero-order chi connectivity index (χ0) is 23.9. The number of ether oxygens (including phenoxy) is 3. The highest BCUT2D eigenvalue weighted by Crippen LogP contribution is 2.38. The normalized spacial score (nSPS) is 15.4. The van der Waals surface area contributed by atoms with Crippen LogP contribution < -0.4 is 19.7 Å². The van der Waals surface area contributed by atoms with Crippen LogP contribution in [0.2, 0.25) is 5.02 Å². The number of nitrogens with zero attached hydrogens (tertiary/aromatic N) is 2. The van der Waals surface area contributed by atoms with Crippen LogP contribution in [0.15, 0.2) is 36.4 Å². The minimum Gasteiger partial charge on any atom is -0.489 e. The molecule has 0 unspecified atom stereocenters. The number of halogens is 1. The maximum absolute atomic E-state index is 12.9. The van der Waals surface area contributed by atoms with Gasteiger partial charge in [0.05, 0.1) is 44.4 Å². The summed E-state index contributed by atoms with van der Waals surface area (Å²) >= 11 is 6.35. The number of nitrogens with one attached hydrogen (secondary N) is 1. The maximum Gasteiger partial charge on any atom is 0.243 e. The molecule has 4 rings (SSSR count). The van der Waals surface area contributed by atoms with E-state index in [1.54, 1.807) is 12.1 Å². The monoisotopic (exact) mass is 487 g/mol. The van der Waals surface area contributed by atoms with Gasteiger partial charge in [-0.15, -0.1) is 0 Å². The first-order chi connectivity index (χ1) is 16.5. The van der Waals surface area contributed by atoms with E-state index in [9.17, 15) is 9.59 Å². The molecule has 1 saturated heterocycles. The Morgan fingerprint density at radius 1 is 1.06 bits per heavy atom. The van der Waals surface area contributed by atoms with Crippen LogP contribution in [0.4, 0.5) is 11.4 Å². The predicted octanol–water partition coefficient (Wildman–Crippen LogP) is 3.37. The smallest absolute Gasteiger partial charge is 0.243 e. The van der Waals surface area contributed by atoms with Crippen molar-refractivity contribution in [3.05, 3.63) is 47.0 Å². The van der Waals surface area contributed by atoms with Crippen molar-refractivity contribution < 1.29 is 23.8 Å². The van der Waals surface area contributed by atoms with Crippen LogP contribution in [0.25, 0.3) is 0 Å². The number of benzene rings is 2. The molecule has 1 fully saturated rings. The number of fused-ring (bicyclic) bond motifs is 1. The van der Waals surface area contributed by atoms with Crippen LogP contribution in [0.5, 0.6) is 11.5 Å². The summed E-state index contributed by atoms with van der Waals surface area (Å²) in [5.74, 6) is 0.660. The van der Waals surface area contributed by atoms with Gasteiger partial charge < -0.3 is 29.3 Å². The van der Waals surface area contributed by atoms with E-state index in [0.717, 1.165) is 44.0 Å². The summed E-state index contributed by atoms with van der Waals surface area (Å²) in [5.41, 5.74) is 2.51. The first-order valence-electron chi connectivity index (χ1n) is 11.6. The number of carbonyl (C=O) groups excluding carboxylic acids is 2. The first-order valence-corrected chi connectivity index (χ1v) is 12.0. The van der Waals surface area contributed by atoms with Gasteiger partial charge in [-0.2, -0.15) is 0 Å². The van der Waals surface area contributed by atoms with E-state index in [2.05, 4.69) is 10.2 Å². The Bertz CT molecular complexity index is 1010. The molecule has 182 valence electrons. The highest BCUT2D eigenvalue weighted by atomic mass is 35.5. The zero-order valence-electron chi connectivity index (χ0n) is 19.3. The highest BCUT2D eigenvalue weighted by molar-refractivity contribution is 6.32. The van der Waals surface area contributed by atoms with Gasteiger partial charge in [0.15, 0.2) is 11.5 Å². The lowest BCUT2D eigenvalue weighted by atomic mass is 10.1. The van der Waals surface area contributed by atoms with E-state index in [1.807, 2.05) is 31.2 Å². The lowest BCUT2D eigenvalue weighted by Crippen LogP contribution is -2.38. The third-order valence-corrected chi connectivity index (χ3v) is 6.09. The van der Waals surface area contributed by atoms with Crippen molar-refractivity contribution in [1.82, 2.24) is 4.90 Å². The number of rotatable bonds is 7. The van der Waals surface area contributed by atoms with E-state index in [1.165, 1.54) is 4.90 Å². The van der Waals surface area contributed by atoms with Gasteiger partial charge in [-0.1, -0.05) is 11.6 Å². The van der Waals surface area contributed by atoms with Gasteiger partial charge in [0, 0.05) is 37.4 Å². The number of morpholine rings is 1. The molecule has 34 heavy (non-hydrogen) atoms. The van der Waals surface area contributed by atoms with Crippen LogP contribution in [-0.2, 0) is 20.7 Å². The van der Waals surface area contributed by atoms with Gasteiger partial charge in [-0.05, 0) is 48.9 Å². The second-order valence-corrected chi connectivity index (χ2v) is 8.64. The van der Waals surface area contributed by atoms with Crippen molar-refractivity contribution in [2.75, 3.05) is 62.8 Å². The standard InChI is InChI=1S/C25H30ClN3O5/c1-2-28(24(31)16-18-14-21(26)25-22(15-18)33-10-3-11-34-25)17-23(30)27-19-4-6-20(7-5-19)29-8-12-32-13-9-29/h4-7,14-15H,2-3,8-13,16-17H2,1H3,(H,27,30). The molecule has 0 atom stereocenters. The van der Waals surface area contributed by atoms with Crippen molar-refractivity contribution >= 4 is 34.8 Å². The lowest BCUT2D eigenvalue weighted by Gasteiger charge is -2.29. The highest BCUT2D eigenvalue weighted by Gasteiger charge is 2.20. The Morgan fingerprint density at radius 3 is 2.53 bits per heavy atom. The predicted molar refractivity (Wildman–Crippen MR) is 131 cm³/mol. The minimum absolute atomic E-state index is 0.0289. The molecule has 0 aromatic heterocycles. The summed E-state index contributed by atoms with van der Waals surface area (Å²) in [6.07, 6.45) is 0.889. The summed E-state index contributed by atoms with van der Waals surface area (Å²) < 4.78 is 16.7. The number of anilines is 2. The Hall–Kier alpha value is -2.97. The molecule has 0 spiro atoms. The largest absolute Gasteiger partial charge is 0.489 e. The molecule has 0 radical (unpaired) electrons. The molecule has 0 saturated carbocycles. The number of likely N-dealkylation sites (N-methyl/N-ethyl adjacent to an activating group) is 1.